The topological polar surface area (TPSA) is 18.1 Å². The lowest BCUT2D eigenvalue weighted by Crippen LogP contribution is -2.06. The van der Waals surface area contributed by atoms with Crippen LogP contribution in [0.25, 0.3) is 49.4 Å². The van der Waals surface area contributed by atoms with Gasteiger partial charge in [0.25, 0.3) is 0 Å². The molecule has 0 N–H and O–H groups in total. The first-order valence-corrected chi connectivity index (χ1v) is 9.00. The predicted molar refractivity (Wildman–Crippen MR) is 113 cm³/mol. The van der Waals surface area contributed by atoms with Crippen molar-refractivity contribution in [1.82, 2.24) is 4.57 Å². The molecule has 6 aromatic rings. The summed E-state index contributed by atoms with van der Waals surface area (Å²) in [6.07, 6.45) is 0. The highest BCUT2D eigenvalue weighted by atomic mass is 16.3. The van der Waals surface area contributed by atoms with Crippen LogP contribution in [0.4, 0.5) is 0 Å². The van der Waals surface area contributed by atoms with Gasteiger partial charge in [0.05, 0.1) is 11.0 Å². The van der Waals surface area contributed by atoms with Crippen LogP contribution in [0.1, 0.15) is 0 Å². The van der Waals surface area contributed by atoms with E-state index >= 15 is 0 Å². The highest BCUT2D eigenvalue weighted by Crippen LogP contribution is 2.34. The molecule has 0 atom stereocenters. The van der Waals surface area contributed by atoms with Gasteiger partial charge in [-0.3, -0.25) is 0 Å². The second-order valence-electron chi connectivity index (χ2n) is 6.88. The normalized spacial score (nSPS) is 11.9. The fourth-order valence-corrected chi connectivity index (χ4v) is 4.17. The van der Waals surface area contributed by atoms with Crippen molar-refractivity contribution in [3.05, 3.63) is 84.9 Å². The van der Waals surface area contributed by atoms with Gasteiger partial charge < -0.3 is 8.98 Å². The third-order valence-electron chi connectivity index (χ3n) is 5.33. The van der Waals surface area contributed by atoms with E-state index < -0.39 is 0 Å². The number of furan rings is 1. The van der Waals surface area contributed by atoms with Crippen LogP contribution in [0.2, 0.25) is 0 Å². The van der Waals surface area contributed by atoms with Crippen molar-refractivity contribution >= 4 is 57.1 Å². The minimum absolute atomic E-state index is 0.653. The maximum atomic E-state index is 6.41. The van der Waals surface area contributed by atoms with Crippen molar-refractivity contribution in [3.63, 3.8) is 0 Å². The smallest absolute Gasteiger partial charge is 0.135 e. The Labute approximate surface area is 157 Å². The van der Waals surface area contributed by atoms with Crippen LogP contribution in [0.5, 0.6) is 0 Å². The third-order valence-corrected chi connectivity index (χ3v) is 5.33. The summed E-state index contributed by atoms with van der Waals surface area (Å²) in [5, 5.41) is 4.61. The molecule has 0 spiro atoms. The van der Waals surface area contributed by atoms with E-state index in [0.717, 1.165) is 27.6 Å². The summed E-state index contributed by atoms with van der Waals surface area (Å²) in [6.45, 7) is 0. The molecule has 0 aliphatic rings. The number of rotatable bonds is 1. The summed E-state index contributed by atoms with van der Waals surface area (Å²) in [6, 6.07) is 29.2. The van der Waals surface area contributed by atoms with Gasteiger partial charge >= 0.3 is 0 Å². The Morgan fingerprint density at radius 3 is 1.93 bits per heavy atom. The molecule has 0 saturated carbocycles. The van der Waals surface area contributed by atoms with Gasteiger partial charge in [-0.05, 0) is 30.3 Å². The average molecular weight is 343 g/mol. The van der Waals surface area contributed by atoms with Crippen LogP contribution in [0.3, 0.4) is 0 Å². The van der Waals surface area contributed by atoms with E-state index in [1.807, 2.05) is 24.3 Å². The molecule has 0 saturated heterocycles. The first kappa shape index (κ1) is 14.7. The first-order valence-electron chi connectivity index (χ1n) is 9.00. The molecule has 0 aliphatic heterocycles. The Morgan fingerprint density at radius 1 is 0.630 bits per heavy atom. The largest absolute Gasteiger partial charge is 0.457 e. The Hall–Kier alpha value is -3.46. The molecule has 0 unspecified atom stereocenters. The molecule has 124 valence electrons. The van der Waals surface area contributed by atoms with Gasteiger partial charge in [0.1, 0.15) is 19.0 Å². The minimum atomic E-state index is 0.653. The lowest BCUT2D eigenvalue weighted by atomic mass is 9.93. The molecular weight excluding hydrogens is 329 g/mol. The number of para-hydroxylation sites is 3. The monoisotopic (exact) mass is 343 g/mol. The first-order chi connectivity index (χ1) is 13.3. The van der Waals surface area contributed by atoms with Crippen LogP contribution in [-0.2, 0) is 0 Å². The number of benzene rings is 4. The number of aromatic nitrogens is 1. The van der Waals surface area contributed by atoms with Crippen LogP contribution in [-0.4, -0.2) is 12.4 Å². The molecule has 2 radical (unpaired) electrons. The van der Waals surface area contributed by atoms with Crippen molar-refractivity contribution in [2.45, 2.75) is 0 Å². The standard InChI is InChI=1S/C24H14BNO/c25-20-14-15(13-19-18-9-3-6-12-23(18)27-24(19)20)26-21-10-4-1-7-16(21)17-8-2-5-11-22(17)26/h1-14H. The molecule has 6 rings (SSSR count). The zero-order valence-electron chi connectivity index (χ0n) is 14.5. The van der Waals surface area contributed by atoms with E-state index in [4.69, 9.17) is 12.3 Å². The Kier molecular flexibility index (Phi) is 2.87. The van der Waals surface area contributed by atoms with Gasteiger partial charge in [-0.2, -0.15) is 0 Å². The van der Waals surface area contributed by atoms with Crippen molar-refractivity contribution in [2.75, 3.05) is 0 Å². The van der Waals surface area contributed by atoms with Gasteiger partial charge in [0.2, 0.25) is 0 Å². The fraction of sp³-hybridized carbons (Fsp3) is 0. The van der Waals surface area contributed by atoms with E-state index in [1.54, 1.807) is 0 Å². The molecule has 0 aliphatic carbocycles. The Morgan fingerprint density at radius 2 is 1.22 bits per heavy atom. The van der Waals surface area contributed by atoms with E-state index in [0.29, 0.717) is 5.46 Å². The number of fused-ring (bicyclic) bond motifs is 6. The Bertz CT molecular complexity index is 1440. The van der Waals surface area contributed by atoms with Crippen LogP contribution in [0.15, 0.2) is 89.3 Å². The number of hydrogen-bond acceptors (Lipinski definition) is 1. The summed E-state index contributed by atoms with van der Waals surface area (Å²) < 4.78 is 8.28. The molecule has 0 amide bonds. The number of hydrogen-bond donors (Lipinski definition) is 0. The molecule has 27 heavy (non-hydrogen) atoms. The van der Waals surface area contributed by atoms with Crippen LogP contribution in [0, 0.1) is 0 Å². The Balaban J connectivity index is 1.79. The molecule has 4 aromatic carbocycles. The minimum Gasteiger partial charge on any atom is -0.457 e. The quantitative estimate of drug-likeness (QED) is 0.362. The highest BCUT2D eigenvalue weighted by Gasteiger charge is 2.15. The SMILES string of the molecule is [B]c1cc(-n2c3ccccc3c3ccccc32)cc2c1oc1ccccc12. The molecule has 0 bridgehead atoms. The summed E-state index contributed by atoms with van der Waals surface area (Å²) in [4.78, 5) is 0. The van der Waals surface area contributed by atoms with Gasteiger partial charge in [-0.15, -0.1) is 0 Å². The van der Waals surface area contributed by atoms with Crippen molar-refractivity contribution in [3.8, 4) is 5.69 Å². The maximum Gasteiger partial charge on any atom is 0.135 e. The molecule has 2 nitrogen and oxygen atoms in total. The lowest BCUT2D eigenvalue weighted by molar-refractivity contribution is 0.671. The van der Waals surface area contributed by atoms with E-state index in [2.05, 4.69) is 65.2 Å². The zero-order chi connectivity index (χ0) is 18.0. The molecule has 0 fully saturated rings. The maximum absolute atomic E-state index is 6.41. The van der Waals surface area contributed by atoms with E-state index in [9.17, 15) is 0 Å². The van der Waals surface area contributed by atoms with Gasteiger partial charge in [0, 0.05) is 27.2 Å². The lowest BCUT2D eigenvalue weighted by Gasteiger charge is -2.09. The fourth-order valence-electron chi connectivity index (χ4n) is 4.17. The highest BCUT2D eigenvalue weighted by molar-refractivity contribution is 6.39. The predicted octanol–water partition coefficient (Wildman–Crippen LogP) is 5.48. The number of nitrogens with zero attached hydrogens (tertiary/aromatic N) is 1. The second kappa shape index (κ2) is 5.27. The molecule has 3 heteroatoms. The zero-order valence-corrected chi connectivity index (χ0v) is 14.5. The second-order valence-corrected chi connectivity index (χ2v) is 6.88. The summed E-state index contributed by atoms with van der Waals surface area (Å²) >= 11 is 0. The van der Waals surface area contributed by atoms with Crippen LogP contribution < -0.4 is 5.46 Å². The molecular formula is C24H14BNO. The van der Waals surface area contributed by atoms with Gasteiger partial charge in [-0.25, -0.2) is 0 Å². The molecule has 2 heterocycles. The third kappa shape index (κ3) is 1.97. The van der Waals surface area contributed by atoms with E-state index in [1.165, 1.54) is 21.8 Å². The van der Waals surface area contributed by atoms with Gasteiger partial charge in [0.15, 0.2) is 0 Å². The average Bonchev–Trinajstić information content (AvgIpc) is 3.24. The summed E-state index contributed by atoms with van der Waals surface area (Å²) in [5.74, 6) is 0. The summed E-state index contributed by atoms with van der Waals surface area (Å²) in [5.41, 5.74) is 5.65. The summed E-state index contributed by atoms with van der Waals surface area (Å²) in [7, 11) is 6.41. The van der Waals surface area contributed by atoms with Crippen molar-refractivity contribution < 1.29 is 4.42 Å². The van der Waals surface area contributed by atoms with Gasteiger partial charge in [-0.1, -0.05) is 60.1 Å². The van der Waals surface area contributed by atoms with Crippen LogP contribution >= 0.6 is 0 Å². The molecule has 2 aromatic heterocycles. The van der Waals surface area contributed by atoms with Crippen molar-refractivity contribution in [1.29, 1.82) is 0 Å². The van der Waals surface area contributed by atoms with Crippen molar-refractivity contribution in [2.24, 2.45) is 0 Å². The van der Waals surface area contributed by atoms with E-state index in [-0.39, 0.29) is 0 Å².